The number of rotatable bonds is 11. The molecule has 2 atom stereocenters. The maximum Gasteiger partial charge on any atom is 0.244 e. The molecule has 2 aromatic rings. The second-order valence-electron chi connectivity index (χ2n) is 9.02. The van der Waals surface area contributed by atoms with E-state index in [1.165, 1.54) is 4.90 Å². The van der Waals surface area contributed by atoms with Gasteiger partial charge < -0.3 is 10.2 Å². The molecule has 0 aliphatic heterocycles. The highest BCUT2D eigenvalue weighted by Crippen LogP contribution is 2.22. The number of nitrogens with one attached hydrogen (secondary N) is 1. The summed E-state index contributed by atoms with van der Waals surface area (Å²) in [5, 5.41) is 2.92. The zero-order chi connectivity index (χ0) is 25.5. The molecule has 8 heteroatoms. The van der Waals surface area contributed by atoms with Crippen molar-refractivity contribution in [1.82, 2.24) is 10.2 Å². The van der Waals surface area contributed by atoms with Crippen molar-refractivity contribution in [2.75, 3.05) is 17.1 Å². The van der Waals surface area contributed by atoms with E-state index in [4.69, 9.17) is 0 Å². The lowest BCUT2D eigenvalue weighted by Gasteiger charge is -2.32. The zero-order valence-corrected chi connectivity index (χ0v) is 21.8. The van der Waals surface area contributed by atoms with Crippen molar-refractivity contribution in [3.63, 3.8) is 0 Å². The Labute approximate surface area is 204 Å². The van der Waals surface area contributed by atoms with Crippen LogP contribution in [-0.4, -0.2) is 50.0 Å². The lowest BCUT2D eigenvalue weighted by Crippen LogP contribution is -2.52. The molecule has 0 aromatic heterocycles. The predicted molar refractivity (Wildman–Crippen MR) is 137 cm³/mol. The van der Waals surface area contributed by atoms with Crippen LogP contribution in [-0.2, 0) is 26.2 Å². The summed E-state index contributed by atoms with van der Waals surface area (Å²) < 4.78 is 26.4. The Kier molecular flexibility index (Phi) is 9.67. The lowest BCUT2D eigenvalue weighted by atomic mass is 10.0. The van der Waals surface area contributed by atoms with Crippen molar-refractivity contribution in [3.05, 3.63) is 65.7 Å². The molecule has 186 valence electrons. The first-order valence-corrected chi connectivity index (χ1v) is 13.5. The Bertz CT molecular complexity index is 1050. The van der Waals surface area contributed by atoms with Gasteiger partial charge >= 0.3 is 0 Å². The molecule has 0 bridgehead atoms. The van der Waals surface area contributed by atoms with Gasteiger partial charge in [0.1, 0.15) is 12.6 Å². The number of nitrogens with zero attached hydrogens (tertiary/aromatic N) is 2. The van der Waals surface area contributed by atoms with Crippen LogP contribution in [0.3, 0.4) is 0 Å². The molecular weight excluding hydrogens is 450 g/mol. The van der Waals surface area contributed by atoms with Gasteiger partial charge in [-0.1, -0.05) is 63.2 Å². The van der Waals surface area contributed by atoms with Crippen molar-refractivity contribution >= 4 is 27.5 Å². The third-order valence-corrected chi connectivity index (χ3v) is 7.03. The average molecular weight is 488 g/mol. The van der Waals surface area contributed by atoms with E-state index in [1.807, 2.05) is 56.3 Å². The summed E-state index contributed by atoms with van der Waals surface area (Å²) in [5.41, 5.74) is 2.34. The molecule has 2 aromatic carbocycles. The minimum atomic E-state index is -3.74. The van der Waals surface area contributed by atoms with Crippen LogP contribution in [0.5, 0.6) is 0 Å². The Hall–Kier alpha value is -2.87. The minimum absolute atomic E-state index is 0.0318. The largest absolute Gasteiger partial charge is 0.352 e. The summed E-state index contributed by atoms with van der Waals surface area (Å²) >= 11 is 0. The molecule has 0 spiro atoms. The normalized spacial score (nSPS) is 13.3. The fourth-order valence-corrected chi connectivity index (χ4v) is 4.32. The Morgan fingerprint density at radius 3 is 2.03 bits per heavy atom. The SMILES string of the molecule is CC[C@H](C)NC(=O)[C@H](C)N(Cc1ccccc1)C(=O)CN(c1ccc(C(C)C)cc1)S(C)(=O)=O. The van der Waals surface area contributed by atoms with Crippen LogP contribution in [0.1, 0.15) is 58.1 Å². The van der Waals surface area contributed by atoms with Crippen LogP contribution >= 0.6 is 0 Å². The molecular formula is C26H37N3O4S. The molecule has 0 unspecified atom stereocenters. The van der Waals surface area contributed by atoms with Gasteiger partial charge in [-0.15, -0.1) is 0 Å². The summed E-state index contributed by atoms with van der Waals surface area (Å²) in [6.45, 7) is 9.45. The lowest BCUT2D eigenvalue weighted by molar-refractivity contribution is -0.139. The van der Waals surface area contributed by atoms with Crippen LogP contribution in [0.25, 0.3) is 0 Å². The first-order chi connectivity index (χ1) is 15.9. The summed E-state index contributed by atoms with van der Waals surface area (Å²) in [5.74, 6) is -0.423. The van der Waals surface area contributed by atoms with Gasteiger partial charge in [0, 0.05) is 12.6 Å². The molecule has 0 aliphatic rings. The van der Waals surface area contributed by atoms with Gasteiger partial charge in [0.15, 0.2) is 0 Å². The van der Waals surface area contributed by atoms with Gasteiger partial charge in [-0.2, -0.15) is 0 Å². The fourth-order valence-electron chi connectivity index (χ4n) is 3.47. The number of hydrogen-bond donors (Lipinski definition) is 1. The van der Waals surface area contributed by atoms with Crippen molar-refractivity contribution in [2.24, 2.45) is 0 Å². The van der Waals surface area contributed by atoms with Crippen molar-refractivity contribution in [3.8, 4) is 0 Å². The highest BCUT2D eigenvalue weighted by atomic mass is 32.2. The number of amides is 2. The second-order valence-corrected chi connectivity index (χ2v) is 10.9. The highest BCUT2D eigenvalue weighted by molar-refractivity contribution is 7.92. The molecule has 2 rings (SSSR count). The van der Waals surface area contributed by atoms with Crippen molar-refractivity contribution in [1.29, 1.82) is 0 Å². The Morgan fingerprint density at radius 1 is 0.941 bits per heavy atom. The van der Waals surface area contributed by atoms with Gasteiger partial charge in [-0.25, -0.2) is 8.42 Å². The Morgan fingerprint density at radius 2 is 1.53 bits per heavy atom. The van der Waals surface area contributed by atoms with Gasteiger partial charge in [0.05, 0.1) is 11.9 Å². The number of hydrogen-bond acceptors (Lipinski definition) is 4. The van der Waals surface area contributed by atoms with E-state index < -0.39 is 28.5 Å². The average Bonchev–Trinajstić information content (AvgIpc) is 2.80. The monoisotopic (exact) mass is 487 g/mol. The molecule has 0 aliphatic carbocycles. The molecule has 0 radical (unpaired) electrons. The van der Waals surface area contributed by atoms with Crippen LogP contribution < -0.4 is 9.62 Å². The van der Waals surface area contributed by atoms with Crippen molar-refractivity contribution < 1.29 is 18.0 Å². The molecule has 0 saturated carbocycles. The summed E-state index contributed by atoms with van der Waals surface area (Å²) in [7, 11) is -3.74. The van der Waals surface area contributed by atoms with Gasteiger partial charge in [0.2, 0.25) is 21.8 Å². The zero-order valence-electron chi connectivity index (χ0n) is 21.0. The van der Waals surface area contributed by atoms with E-state index >= 15 is 0 Å². The van der Waals surface area contributed by atoms with Crippen molar-refractivity contribution in [2.45, 2.75) is 65.6 Å². The smallest absolute Gasteiger partial charge is 0.244 e. The first kappa shape index (κ1) is 27.4. The molecule has 0 heterocycles. The second kappa shape index (κ2) is 12.0. The molecule has 0 saturated heterocycles. The highest BCUT2D eigenvalue weighted by Gasteiger charge is 2.30. The first-order valence-electron chi connectivity index (χ1n) is 11.7. The van der Waals surface area contributed by atoms with Crippen LogP contribution in [0.4, 0.5) is 5.69 Å². The van der Waals surface area contributed by atoms with Gasteiger partial charge in [-0.3, -0.25) is 13.9 Å². The number of sulfonamides is 1. The molecule has 0 fully saturated rings. The molecule has 34 heavy (non-hydrogen) atoms. The number of carbonyl (C=O) groups excluding carboxylic acids is 2. The molecule has 7 nitrogen and oxygen atoms in total. The quantitative estimate of drug-likeness (QED) is 0.521. The molecule has 1 N–H and O–H groups in total. The van der Waals surface area contributed by atoms with Gasteiger partial charge in [0.25, 0.3) is 0 Å². The Balaban J connectivity index is 2.35. The van der Waals surface area contributed by atoms with Crippen LogP contribution in [0, 0.1) is 0 Å². The standard InChI is InChI=1S/C26H37N3O4S/c1-7-20(4)27-26(31)21(5)28(17-22-11-9-8-10-12-22)25(30)18-29(34(6,32)33)24-15-13-23(14-16-24)19(2)3/h8-16,19-21H,7,17-18H2,1-6H3,(H,27,31)/t20-,21-/m0/s1. The number of anilines is 1. The van der Waals surface area contributed by atoms with E-state index in [1.54, 1.807) is 19.1 Å². The van der Waals surface area contributed by atoms with Gasteiger partial charge in [-0.05, 0) is 49.4 Å². The van der Waals surface area contributed by atoms with E-state index in [0.717, 1.165) is 28.1 Å². The fraction of sp³-hybridized carbons (Fsp3) is 0.462. The maximum atomic E-state index is 13.5. The third kappa shape index (κ3) is 7.58. The summed E-state index contributed by atoms with van der Waals surface area (Å²) in [6, 6.07) is 15.7. The topological polar surface area (TPSA) is 86.8 Å². The minimum Gasteiger partial charge on any atom is -0.352 e. The third-order valence-electron chi connectivity index (χ3n) is 5.89. The van der Waals surface area contributed by atoms with E-state index in [0.29, 0.717) is 11.6 Å². The summed E-state index contributed by atoms with van der Waals surface area (Å²) in [6.07, 6.45) is 1.84. The maximum absolute atomic E-state index is 13.5. The number of benzene rings is 2. The van der Waals surface area contributed by atoms with E-state index in [2.05, 4.69) is 19.2 Å². The summed E-state index contributed by atoms with van der Waals surface area (Å²) in [4.78, 5) is 27.8. The van der Waals surface area contributed by atoms with Crippen LogP contribution in [0.2, 0.25) is 0 Å². The number of carbonyl (C=O) groups is 2. The van der Waals surface area contributed by atoms with E-state index in [9.17, 15) is 18.0 Å². The molecule has 2 amide bonds. The predicted octanol–water partition coefficient (Wildman–Crippen LogP) is 3.91. The van der Waals surface area contributed by atoms with E-state index in [-0.39, 0.29) is 18.5 Å². The van der Waals surface area contributed by atoms with Crippen LogP contribution in [0.15, 0.2) is 54.6 Å².